The van der Waals surface area contributed by atoms with Crippen molar-refractivity contribution in [2.75, 3.05) is 0 Å². The van der Waals surface area contributed by atoms with Crippen molar-refractivity contribution in [1.29, 1.82) is 0 Å². The van der Waals surface area contributed by atoms with Gasteiger partial charge in [0.05, 0.1) is 5.69 Å². The Labute approximate surface area is 92.7 Å². The molecule has 0 saturated heterocycles. The summed E-state index contributed by atoms with van der Waals surface area (Å²) in [5.74, 6) is -0.174. The molecule has 0 aliphatic carbocycles. The van der Waals surface area contributed by atoms with Crippen LogP contribution in [0.1, 0.15) is 16.1 Å². The fourth-order valence-electron chi connectivity index (χ4n) is 1.47. The number of aromatic amines is 1. The highest BCUT2D eigenvalue weighted by atomic mass is 16.4. The average molecular weight is 215 g/mol. The molecule has 1 aromatic carbocycles. The quantitative estimate of drug-likeness (QED) is 0.495. The molecule has 0 unspecified atom stereocenters. The molecule has 2 rings (SSSR count). The van der Waals surface area contributed by atoms with Crippen LogP contribution in [0.25, 0.3) is 0 Å². The SMILES string of the molecule is O=C(c1cccc(B(O)O)c1)c1ccc[nH]1. The molecule has 0 radical (unpaired) electrons. The zero-order valence-electron chi connectivity index (χ0n) is 8.42. The smallest absolute Gasteiger partial charge is 0.423 e. The number of carbonyl (C=O) groups excluding carboxylic acids is 1. The van der Waals surface area contributed by atoms with Crippen LogP contribution in [-0.2, 0) is 0 Å². The van der Waals surface area contributed by atoms with Crippen LogP contribution >= 0.6 is 0 Å². The molecule has 0 saturated carbocycles. The van der Waals surface area contributed by atoms with Gasteiger partial charge in [0.25, 0.3) is 0 Å². The molecule has 1 aromatic heterocycles. The number of hydrogen-bond donors (Lipinski definition) is 3. The third-order valence-corrected chi connectivity index (χ3v) is 2.29. The first-order chi connectivity index (χ1) is 7.68. The van der Waals surface area contributed by atoms with Crippen LogP contribution < -0.4 is 5.46 Å². The van der Waals surface area contributed by atoms with E-state index in [1.807, 2.05) is 0 Å². The third-order valence-electron chi connectivity index (χ3n) is 2.29. The van der Waals surface area contributed by atoms with Crippen molar-refractivity contribution in [3.8, 4) is 0 Å². The summed E-state index contributed by atoms with van der Waals surface area (Å²) in [6, 6.07) is 9.67. The maximum Gasteiger partial charge on any atom is 0.488 e. The van der Waals surface area contributed by atoms with Gasteiger partial charge in [0.1, 0.15) is 0 Å². The van der Waals surface area contributed by atoms with E-state index in [-0.39, 0.29) is 5.78 Å². The predicted molar refractivity (Wildman–Crippen MR) is 60.5 cm³/mol. The minimum Gasteiger partial charge on any atom is -0.423 e. The van der Waals surface area contributed by atoms with Gasteiger partial charge in [0.2, 0.25) is 5.78 Å². The molecule has 0 bridgehead atoms. The molecule has 2 aromatic rings. The zero-order valence-corrected chi connectivity index (χ0v) is 8.42. The summed E-state index contributed by atoms with van der Waals surface area (Å²) in [6.07, 6.45) is 1.66. The van der Waals surface area contributed by atoms with E-state index in [1.165, 1.54) is 6.07 Å². The maximum atomic E-state index is 11.9. The zero-order chi connectivity index (χ0) is 11.5. The summed E-state index contributed by atoms with van der Waals surface area (Å²) in [6.45, 7) is 0. The molecule has 5 heteroatoms. The van der Waals surface area contributed by atoms with Gasteiger partial charge in [-0.3, -0.25) is 4.79 Å². The van der Waals surface area contributed by atoms with E-state index >= 15 is 0 Å². The first kappa shape index (κ1) is 10.7. The minimum absolute atomic E-state index is 0.174. The molecule has 0 amide bonds. The Kier molecular flexibility index (Phi) is 2.89. The summed E-state index contributed by atoms with van der Waals surface area (Å²) >= 11 is 0. The number of aromatic nitrogens is 1. The monoisotopic (exact) mass is 215 g/mol. The lowest BCUT2D eigenvalue weighted by atomic mass is 9.79. The minimum atomic E-state index is -1.56. The standard InChI is InChI=1S/C11H10BNO3/c14-11(10-5-2-6-13-10)8-3-1-4-9(7-8)12(15)16/h1-7,13,15-16H. The molecule has 0 atom stereocenters. The number of H-pyrrole nitrogens is 1. The van der Waals surface area contributed by atoms with Gasteiger partial charge in [-0.2, -0.15) is 0 Å². The second-order valence-electron chi connectivity index (χ2n) is 3.41. The molecule has 0 aliphatic rings. The van der Waals surface area contributed by atoms with Gasteiger partial charge in [-0.05, 0) is 17.6 Å². The van der Waals surface area contributed by atoms with E-state index in [0.29, 0.717) is 16.7 Å². The van der Waals surface area contributed by atoms with E-state index in [1.54, 1.807) is 36.5 Å². The highest BCUT2D eigenvalue weighted by Crippen LogP contribution is 2.06. The summed E-state index contributed by atoms with van der Waals surface area (Å²) in [5.41, 5.74) is 1.20. The Bertz CT molecular complexity index is 494. The van der Waals surface area contributed by atoms with Gasteiger partial charge >= 0.3 is 7.12 Å². The second-order valence-corrected chi connectivity index (χ2v) is 3.41. The largest absolute Gasteiger partial charge is 0.488 e. The third kappa shape index (κ3) is 2.05. The summed E-state index contributed by atoms with van der Waals surface area (Å²) in [4.78, 5) is 14.7. The van der Waals surface area contributed by atoms with Gasteiger partial charge in [-0.15, -0.1) is 0 Å². The van der Waals surface area contributed by atoms with Gasteiger partial charge in [0.15, 0.2) is 0 Å². The average Bonchev–Trinajstić information content (AvgIpc) is 2.81. The molecular weight excluding hydrogens is 205 g/mol. The van der Waals surface area contributed by atoms with Crippen molar-refractivity contribution in [2.24, 2.45) is 0 Å². The van der Waals surface area contributed by atoms with Crippen LogP contribution in [0.15, 0.2) is 42.6 Å². The lowest BCUT2D eigenvalue weighted by molar-refractivity contribution is 0.103. The fourth-order valence-corrected chi connectivity index (χ4v) is 1.47. The fraction of sp³-hybridized carbons (Fsp3) is 0. The Hall–Kier alpha value is -1.85. The van der Waals surface area contributed by atoms with Crippen molar-refractivity contribution in [3.05, 3.63) is 53.9 Å². The summed E-state index contributed by atoms with van der Waals surface area (Å²) < 4.78 is 0. The Morgan fingerprint density at radius 3 is 2.62 bits per heavy atom. The van der Waals surface area contributed by atoms with Gasteiger partial charge in [-0.1, -0.05) is 24.3 Å². The summed E-state index contributed by atoms with van der Waals surface area (Å²) in [7, 11) is -1.56. The number of benzene rings is 1. The highest BCUT2D eigenvalue weighted by molar-refractivity contribution is 6.58. The number of rotatable bonds is 3. The number of hydrogen-bond acceptors (Lipinski definition) is 3. The molecule has 4 nitrogen and oxygen atoms in total. The Morgan fingerprint density at radius 2 is 2.00 bits per heavy atom. The Morgan fingerprint density at radius 1 is 1.19 bits per heavy atom. The lowest BCUT2D eigenvalue weighted by Gasteiger charge is -2.02. The predicted octanol–water partition coefficient (Wildman–Crippen LogP) is -0.0745. The van der Waals surface area contributed by atoms with E-state index in [4.69, 9.17) is 10.0 Å². The molecule has 80 valence electrons. The van der Waals surface area contributed by atoms with E-state index in [2.05, 4.69) is 4.98 Å². The molecule has 0 fully saturated rings. The van der Waals surface area contributed by atoms with Gasteiger partial charge in [0, 0.05) is 11.8 Å². The van der Waals surface area contributed by atoms with E-state index < -0.39 is 7.12 Å². The molecule has 1 heterocycles. The van der Waals surface area contributed by atoms with Gasteiger partial charge in [-0.25, -0.2) is 0 Å². The lowest BCUT2D eigenvalue weighted by Crippen LogP contribution is -2.30. The first-order valence-electron chi connectivity index (χ1n) is 4.82. The second kappa shape index (κ2) is 4.34. The van der Waals surface area contributed by atoms with Crippen LogP contribution in [0.4, 0.5) is 0 Å². The van der Waals surface area contributed by atoms with E-state index in [9.17, 15) is 4.79 Å². The first-order valence-corrected chi connectivity index (χ1v) is 4.82. The summed E-state index contributed by atoms with van der Waals surface area (Å²) in [5, 5.41) is 18.0. The van der Waals surface area contributed by atoms with Crippen LogP contribution in [-0.4, -0.2) is 27.9 Å². The molecule has 0 spiro atoms. The van der Waals surface area contributed by atoms with Crippen molar-refractivity contribution in [1.82, 2.24) is 4.98 Å². The molecule has 0 aliphatic heterocycles. The van der Waals surface area contributed by atoms with Crippen molar-refractivity contribution in [3.63, 3.8) is 0 Å². The topological polar surface area (TPSA) is 73.3 Å². The number of carbonyl (C=O) groups is 1. The van der Waals surface area contributed by atoms with Crippen LogP contribution in [0.3, 0.4) is 0 Å². The normalized spacial score (nSPS) is 10.1. The van der Waals surface area contributed by atoms with Crippen molar-refractivity contribution < 1.29 is 14.8 Å². The van der Waals surface area contributed by atoms with Crippen LogP contribution in [0.5, 0.6) is 0 Å². The van der Waals surface area contributed by atoms with Gasteiger partial charge < -0.3 is 15.0 Å². The number of ketones is 1. The van der Waals surface area contributed by atoms with Crippen LogP contribution in [0, 0.1) is 0 Å². The van der Waals surface area contributed by atoms with Crippen molar-refractivity contribution in [2.45, 2.75) is 0 Å². The molecule has 16 heavy (non-hydrogen) atoms. The van der Waals surface area contributed by atoms with E-state index in [0.717, 1.165) is 0 Å². The molecule has 3 N–H and O–H groups in total. The number of nitrogens with one attached hydrogen (secondary N) is 1. The highest BCUT2D eigenvalue weighted by Gasteiger charge is 2.14. The van der Waals surface area contributed by atoms with Crippen molar-refractivity contribution >= 4 is 18.4 Å². The Balaban J connectivity index is 2.34. The van der Waals surface area contributed by atoms with Crippen LogP contribution in [0.2, 0.25) is 0 Å². The maximum absolute atomic E-state index is 11.9. The molecular formula is C11H10BNO3.